The molecule has 2 heterocycles. The molecule has 1 aliphatic rings. The zero-order chi connectivity index (χ0) is 20.2. The molecule has 2 aromatic carbocycles. The lowest BCUT2D eigenvalue weighted by molar-refractivity contribution is -0.135. The molecule has 146 valence electrons. The number of nitrogens with zero attached hydrogens (tertiary/aromatic N) is 2. The first-order valence-electron chi connectivity index (χ1n) is 9.01. The van der Waals surface area contributed by atoms with E-state index in [0.717, 1.165) is 22.4 Å². The summed E-state index contributed by atoms with van der Waals surface area (Å²) in [5.41, 5.74) is 2.16. The molecule has 1 amide bonds. The highest BCUT2D eigenvalue weighted by atomic mass is 35.5. The number of rotatable bonds is 6. The van der Waals surface area contributed by atoms with Gasteiger partial charge in [-0.2, -0.15) is 5.10 Å². The number of benzene rings is 2. The van der Waals surface area contributed by atoms with Crippen molar-refractivity contribution in [3.8, 4) is 5.75 Å². The Hall–Kier alpha value is -2.96. The van der Waals surface area contributed by atoms with Crippen LogP contribution < -0.4 is 4.74 Å². The van der Waals surface area contributed by atoms with Crippen LogP contribution in [0.3, 0.4) is 0 Å². The van der Waals surface area contributed by atoms with Crippen LogP contribution in [-0.4, -0.2) is 29.5 Å². The van der Waals surface area contributed by atoms with Crippen molar-refractivity contribution < 1.29 is 14.3 Å². The van der Waals surface area contributed by atoms with E-state index >= 15 is 0 Å². The first-order valence-corrected chi connectivity index (χ1v) is 10.3. The second-order valence-electron chi connectivity index (χ2n) is 6.48. The number of carbonyl (C=O) groups excluding carboxylic acids is 2. The van der Waals surface area contributed by atoms with E-state index in [9.17, 15) is 9.59 Å². The van der Waals surface area contributed by atoms with Gasteiger partial charge in [-0.05, 0) is 41.8 Å². The third kappa shape index (κ3) is 4.23. The molecule has 7 heteroatoms. The molecule has 1 aliphatic heterocycles. The Morgan fingerprint density at radius 1 is 1.17 bits per heavy atom. The number of hydrogen-bond acceptors (Lipinski definition) is 5. The van der Waals surface area contributed by atoms with Gasteiger partial charge in [0.25, 0.3) is 5.91 Å². The highest BCUT2D eigenvalue weighted by molar-refractivity contribution is 7.10. The molecule has 0 saturated carbocycles. The van der Waals surface area contributed by atoms with Gasteiger partial charge in [-0.1, -0.05) is 35.9 Å². The van der Waals surface area contributed by atoms with Crippen molar-refractivity contribution in [3.05, 3.63) is 87.1 Å². The standard InChI is InChI=1S/C22H17ClN2O3S/c23-18-5-2-1-4-17(18)19-12-20(21-6-3-11-29-21)25(24-19)22(27)14-28-16-9-7-15(13-26)8-10-16/h1-11,13,20H,12,14H2. The SMILES string of the molecule is O=Cc1ccc(OCC(=O)N2N=C(c3ccccc3Cl)CC2c2cccs2)cc1. The van der Waals surface area contributed by atoms with Crippen molar-refractivity contribution >= 4 is 40.8 Å². The monoisotopic (exact) mass is 424 g/mol. The molecule has 0 saturated heterocycles. The van der Waals surface area contributed by atoms with Gasteiger partial charge in [0.15, 0.2) is 6.61 Å². The van der Waals surface area contributed by atoms with Crippen molar-refractivity contribution in [3.63, 3.8) is 0 Å². The van der Waals surface area contributed by atoms with E-state index in [0.29, 0.717) is 22.8 Å². The predicted octanol–water partition coefficient (Wildman–Crippen LogP) is 4.97. The maximum absolute atomic E-state index is 12.9. The van der Waals surface area contributed by atoms with Gasteiger partial charge in [0.05, 0.1) is 11.8 Å². The van der Waals surface area contributed by atoms with Crippen molar-refractivity contribution in [1.82, 2.24) is 5.01 Å². The summed E-state index contributed by atoms with van der Waals surface area (Å²) in [6.45, 7) is -0.151. The van der Waals surface area contributed by atoms with Crippen LogP contribution in [-0.2, 0) is 4.79 Å². The molecule has 29 heavy (non-hydrogen) atoms. The third-order valence-corrected chi connectivity index (χ3v) is 5.90. The maximum Gasteiger partial charge on any atom is 0.281 e. The summed E-state index contributed by atoms with van der Waals surface area (Å²) >= 11 is 7.93. The van der Waals surface area contributed by atoms with Crippen LogP contribution in [0.15, 0.2) is 71.1 Å². The summed E-state index contributed by atoms with van der Waals surface area (Å²) in [4.78, 5) is 24.7. The van der Waals surface area contributed by atoms with Crippen molar-refractivity contribution in [2.75, 3.05) is 6.61 Å². The molecule has 1 atom stereocenters. The van der Waals surface area contributed by atoms with E-state index in [-0.39, 0.29) is 18.6 Å². The second-order valence-corrected chi connectivity index (χ2v) is 7.86. The topological polar surface area (TPSA) is 59.0 Å². The van der Waals surface area contributed by atoms with E-state index in [1.807, 2.05) is 41.8 Å². The zero-order valence-electron chi connectivity index (χ0n) is 15.3. The predicted molar refractivity (Wildman–Crippen MR) is 114 cm³/mol. The average molecular weight is 425 g/mol. The summed E-state index contributed by atoms with van der Waals surface area (Å²) in [5.74, 6) is 0.274. The molecule has 4 rings (SSSR count). The molecule has 1 unspecified atom stereocenters. The number of ether oxygens (including phenoxy) is 1. The minimum atomic E-state index is -0.245. The summed E-state index contributed by atoms with van der Waals surface area (Å²) in [7, 11) is 0. The molecule has 0 aliphatic carbocycles. The van der Waals surface area contributed by atoms with Crippen LogP contribution in [0.1, 0.15) is 33.3 Å². The lowest BCUT2D eigenvalue weighted by atomic mass is 10.0. The van der Waals surface area contributed by atoms with Crippen LogP contribution in [0.2, 0.25) is 5.02 Å². The zero-order valence-corrected chi connectivity index (χ0v) is 16.9. The molecule has 1 aromatic heterocycles. The molecule has 0 fully saturated rings. The number of carbonyl (C=O) groups is 2. The first kappa shape index (κ1) is 19.4. The number of aldehydes is 1. The largest absolute Gasteiger partial charge is 0.484 e. The quantitative estimate of drug-likeness (QED) is 0.525. The van der Waals surface area contributed by atoms with Gasteiger partial charge in [-0.15, -0.1) is 11.3 Å². The Morgan fingerprint density at radius 2 is 1.97 bits per heavy atom. The van der Waals surface area contributed by atoms with E-state index in [4.69, 9.17) is 16.3 Å². The van der Waals surface area contributed by atoms with Crippen LogP contribution >= 0.6 is 22.9 Å². The van der Waals surface area contributed by atoms with Gasteiger partial charge in [0, 0.05) is 27.4 Å². The van der Waals surface area contributed by atoms with Crippen LogP contribution in [0, 0.1) is 0 Å². The minimum Gasteiger partial charge on any atom is -0.484 e. The van der Waals surface area contributed by atoms with Crippen LogP contribution in [0.25, 0.3) is 0 Å². The molecular weight excluding hydrogens is 408 g/mol. The summed E-state index contributed by atoms with van der Waals surface area (Å²) in [6, 6.07) is 17.9. The fourth-order valence-electron chi connectivity index (χ4n) is 3.15. The van der Waals surface area contributed by atoms with Gasteiger partial charge >= 0.3 is 0 Å². The Labute approximate surface area is 177 Å². The van der Waals surface area contributed by atoms with E-state index in [1.54, 1.807) is 35.6 Å². The lowest BCUT2D eigenvalue weighted by Gasteiger charge is -2.20. The Bertz CT molecular complexity index is 1050. The molecule has 0 radical (unpaired) electrons. The summed E-state index contributed by atoms with van der Waals surface area (Å²) in [6.07, 6.45) is 1.35. The molecule has 5 nitrogen and oxygen atoms in total. The first-order chi connectivity index (χ1) is 14.2. The molecule has 3 aromatic rings. The number of hydrogen-bond donors (Lipinski definition) is 0. The van der Waals surface area contributed by atoms with E-state index in [1.165, 1.54) is 5.01 Å². The number of thiophene rings is 1. The number of amides is 1. The fraction of sp³-hybridized carbons (Fsp3) is 0.136. The van der Waals surface area contributed by atoms with Crippen molar-refractivity contribution in [2.45, 2.75) is 12.5 Å². The smallest absolute Gasteiger partial charge is 0.281 e. The molecule has 0 spiro atoms. The van der Waals surface area contributed by atoms with Gasteiger partial charge in [-0.25, -0.2) is 5.01 Å². The van der Waals surface area contributed by atoms with E-state index in [2.05, 4.69) is 5.10 Å². The Morgan fingerprint density at radius 3 is 2.66 bits per heavy atom. The van der Waals surface area contributed by atoms with Crippen LogP contribution in [0.4, 0.5) is 0 Å². The number of hydrazone groups is 1. The summed E-state index contributed by atoms with van der Waals surface area (Å²) in [5, 5.41) is 8.67. The Kier molecular flexibility index (Phi) is 5.74. The van der Waals surface area contributed by atoms with Gasteiger partial charge in [0.1, 0.15) is 12.0 Å². The van der Waals surface area contributed by atoms with Gasteiger partial charge in [-0.3, -0.25) is 9.59 Å². The second kappa shape index (κ2) is 8.59. The highest BCUT2D eigenvalue weighted by Crippen LogP contribution is 2.36. The van der Waals surface area contributed by atoms with E-state index < -0.39 is 0 Å². The fourth-order valence-corrected chi connectivity index (χ4v) is 4.21. The normalized spacial score (nSPS) is 15.8. The molecule has 0 N–H and O–H groups in total. The van der Waals surface area contributed by atoms with Crippen molar-refractivity contribution in [2.24, 2.45) is 5.10 Å². The van der Waals surface area contributed by atoms with Gasteiger partial charge in [0.2, 0.25) is 0 Å². The molecular formula is C22H17ClN2O3S. The average Bonchev–Trinajstić information content (AvgIpc) is 3.42. The van der Waals surface area contributed by atoms with Gasteiger partial charge < -0.3 is 4.74 Å². The third-order valence-electron chi connectivity index (χ3n) is 4.60. The van der Waals surface area contributed by atoms with Crippen molar-refractivity contribution in [1.29, 1.82) is 0 Å². The lowest BCUT2D eigenvalue weighted by Crippen LogP contribution is -2.31. The Balaban J connectivity index is 1.54. The number of halogens is 1. The van der Waals surface area contributed by atoms with Crippen LogP contribution in [0.5, 0.6) is 5.75 Å². The summed E-state index contributed by atoms with van der Waals surface area (Å²) < 4.78 is 5.61. The molecule has 0 bridgehead atoms. The minimum absolute atomic E-state index is 0.151. The highest BCUT2D eigenvalue weighted by Gasteiger charge is 2.34. The maximum atomic E-state index is 12.9.